The number of nitriles is 1. The van der Waals surface area contributed by atoms with Gasteiger partial charge >= 0.3 is 0 Å². The summed E-state index contributed by atoms with van der Waals surface area (Å²) in [7, 11) is 0. The number of rotatable bonds is 7. The molecule has 3 aromatic heterocycles. The summed E-state index contributed by atoms with van der Waals surface area (Å²) in [6, 6.07) is 14.2. The monoisotopic (exact) mass is 515 g/mol. The minimum atomic E-state index is -0.549. The van der Waals surface area contributed by atoms with Gasteiger partial charge in [0.15, 0.2) is 5.49 Å². The van der Waals surface area contributed by atoms with Crippen LogP contribution in [0.15, 0.2) is 64.5 Å². The molecule has 37 heavy (non-hydrogen) atoms. The molecule has 0 atom stereocenters. The molecule has 3 heterocycles. The minimum Gasteiger partial charge on any atom is -0.379 e. The molecule has 0 fully saturated rings. The van der Waals surface area contributed by atoms with Crippen LogP contribution in [0.1, 0.15) is 37.0 Å². The third kappa shape index (κ3) is 5.85. The molecule has 9 heteroatoms. The van der Waals surface area contributed by atoms with Crippen LogP contribution in [0.25, 0.3) is 22.8 Å². The Morgan fingerprint density at radius 3 is 2.70 bits per heavy atom. The van der Waals surface area contributed by atoms with Crippen molar-refractivity contribution in [2.45, 2.75) is 39.8 Å². The molecule has 4 aromatic rings. The molecule has 0 spiro atoms. The molecule has 0 radical (unpaired) electrons. The maximum Gasteiger partial charge on any atom is 0.271 e. The molecule has 0 aliphatic rings. The standard InChI is InChI=1S/C28H26ClN5O3/c1-18(2)37-15-5-14-33-26(31-24(35)12-9-20-7-10-22(29)11-8-20)21(17-30)16-23-27(33)32-25-19(3)6-4-13-34(25)28(23)36/h4,6-13,16,18H,5,14-15H2,1-3H3. The Morgan fingerprint density at radius 1 is 1.24 bits per heavy atom. The zero-order valence-electron chi connectivity index (χ0n) is 20.8. The van der Waals surface area contributed by atoms with Crippen LogP contribution in [-0.2, 0) is 16.1 Å². The van der Waals surface area contributed by atoms with Crippen molar-refractivity contribution in [2.75, 3.05) is 6.61 Å². The second kappa shape index (κ2) is 11.3. The van der Waals surface area contributed by atoms with Crippen molar-refractivity contribution < 1.29 is 9.53 Å². The average Bonchev–Trinajstić information content (AvgIpc) is 2.87. The van der Waals surface area contributed by atoms with Gasteiger partial charge in [0.05, 0.1) is 17.1 Å². The number of aromatic nitrogens is 3. The number of amides is 1. The first-order valence-corrected chi connectivity index (χ1v) is 12.3. The first kappa shape index (κ1) is 26.0. The summed E-state index contributed by atoms with van der Waals surface area (Å²) in [6.07, 6.45) is 5.22. The van der Waals surface area contributed by atoms with Gasteiger partial charge < -0.3 is 9.30 Å². The lowest BCUT2D eigenvalue weighted by Gasteiger charge is -2.14. The van der Waals surface area contributed by atoms with Crippen LogP contribution in [-0.4, -0.2) is 32.6 Å². The highest BCUT2D eigenvalue weighted by Gasteiger charge is 2.15. The fraction of sp³-hybridized carbons (Fsp3) is 0.250. The lowest BCUT2D eigenvalue weighted by molar-refractivity contribution is -0.113. The van der Waals surface area contributed by atoms with E-state index in [4.69, 9.17) is 21.3 Å². The third-order valence-electron chi connectivity index (χ3n) is 5.71. The Kier molecular flexibility index (Phi) is 7.97. The summed E-state index contributed by atoms with van der Waals surface area (Å²) in [5, 5.41) is 10.8. The molecule has 0 bridgehead atoms. The number of benzene rings is 1. The number of hydrogen-bond donors (Lipinski definition) is 0. The maximum atomic E-state index is 13.4. The second-order valence-electron chi connectivity index (χ2n) is 8.79. The molecule has 0 saturated carbocycles. The lowest BCUT2D eigenvalue weighted by Crippen LogP contribution is -2.30. The molecule has 4 rings (SSSR count). The number of pyridine rings is 2. The zero-order chi connectivity index (χ0) is 26.5. The van der Waals surface area contributed by atoms with Crippen LogP contribution in [0, 0.1) is 18.3 Å². The van der Waals surface area contributed by atoms with E-state index in [2.05, 4.69) is 11.1 Å². The van der Waals surface area contributed by atoms with Crippen molar-refractivity contribution >= 4 is 40.3 Å². The number of fused-ring (bicyclic) bond motifs is 2. The zero-order valence-corrected chi connectivity index (χ0v) is 21.6. The Morgan fingerprint density at radius 2 is 2.00 bits per heavy atom. The molecule has 1 aromatic carbocycles. The van der Waals surface area contributed by atoms with Crippen LogP contribution >= 0.6 is 11.6 Å². The highest BCUT2D eigenvalue weighted by Crippen LogP contribution is 2.14. The molecule has 0 saturated heterocycles. The third-order valence-corrected chi connectivity index (χ3v) is 5.96. The summed E-state index contributed by atoms with van der Waals surface area (Å²) in [4.78, 5) is 35.2. The fourth-order valence-electron chi connectivity index (χ4n) is 3.93. The number of halogens is 1. The van der Waals surface area contributed by atoms with E-state index in [1.807, 2.05) is 26.8 Å². The summed E-state index contributed by atoms with van der Waals surface area (Å²) < 4.78 is 8.81. The predicted molar refractivity (Wildman–Crippen MR) is 143 cm³/mol. The number of carbonyl (C=O) groups is 1. The molecular formula is C28H26ClN5O3. The van der Waals surface area contributed by atoms with Gasteiger partial charge in [0, 0.05) is 30.4 Å². The van der Waals surface area contributed by atoms with Gasteiger partial charge in [0.2, 0.25) is 0 Å². The van der Waals surface area contributed by atoms with Crippen LogP contribution in [0.5, 0.6) is 0 Å². The highest BCUT2D eigenvalue weighted by atomic mass is 35.5. The van der Waals surface area contributed by atoms with Gasteiger partial charge in [0.1, 0.15) is 17.4 Å². The van der Waals surface area contributed by atoms with Gasteiger partial charge in [0.25, 0.3) is 11.5 Å². The Bertz CT molecular complexity index is 1680. The van der Waals surface area contributed by atoms with Crippen LogP contribution in [0.4, 0.5) is 0 Å². The predicted octanol–water partition coefficient (Wildman–Crippen LogP) is 4.44. The van der Waals surface area contributed by atoms with Crippen molar-refractivity contribution in [3.05, 3.63) is 92.3 Å². The largest absolute Gasteiger partial charge is 0.379 e. The Balaban J connectivity index is 1.90. The average molecular weight is 516 g/mol. The van der Waals surface area contributed by atoms with E-state index < -0.39 is 5.91 Å². The van der Waals surface area contributed by atoms with E-state index in [1.165, 1.54) is 16.5 Å². The molecule has 8 nitrogen and oxygen atoms in total. The van der Waals surface area contributed by atoms with Crippen molar-refractivity contribution in [2.24, 2.45) is 4.99 Å². The van der Waals surface area contributed by atoms with Crippen molar-refractivity contribution in [1.29, 1.82) is 5.26 Å². The molecule has 0 aliphatic heterocycles. The number of ether oxygens (including phenoxy) is 1. The van der Waals surface area contributed by atoms with Gasteiger partial charge in [-0.25, -0.2) is 4.98 Å². The van der Waals surface area contributed by atoms with Gasteiger partial charge in [-0.3, -0.25) is 14.0 Å². The van der Waals surface area contributed by atoms with E-state index in [0.717, 1.165) is 11.1 Å². The molecule has 0 N–H and O–H groups in total. The first-order chi connectivity index (χ1) is 17.8. The van der Waals surface area contributed by atoms with Gasteiger partial charge in [-0.2, -0.15) is 10.3 Å². The highest BCUT2D eigenvalue weighted by molar-refractivity contribution is 6.30. The van der Waals surface area contributed by atoms with Crippen LogP contribution in [0.2, 0.25) is 5.02 Å². The van der Waals surface area contributed by atoms with Crippen molar-refractivity contribution in [1.82, 2.24) is 14.0 Å². The number of nitrogens with zero attached hydrogens (tertiary/aromatic N) is 5. The van der Waals surface area contributed by atoms with E-state index in [0.29, 0.717) is 35.9 Å². The van der Waals surface area contributed by atoms with Gasteiger partial charge in [-0.1, -0.05) is 29.8 Å². The summed E-state index contributed by atoms with van der Waals surface area (Å²) in [5.41, 5.74) is 2.41. The van der Waals surface area contributed by atoms with Gasteiger partial charge in [-0.15, -0.1) is 0 Å². The number of aryl methyl sites for hydroxylation is 2. The second-order valence-corrected chi connectivity index (χ2v) is 9.23. The molecule has 0 aliphatic carbocycles. The SMILES string of the molecule is Cc1cccn2c(=O)c3cc(C#N)c(=NC(=O)C=Cc4ccc(Cl)cc4)n(CCCOC(C)C)c3nc12. The minimum absolute atomic E-state index is 0.0605. The summed E-state index contributed by atoms with van der Waals surface area (Å²) >= 11 is 5.93. The van der Waals surface area contributed by atoms with Gasteiger partial charge in [-0.05, 0) is 68.7 Å². The summed E-state index contributed by atoms with van der Waals surface area (Å²) in [5.74, 6) is -0.549. The normalized spacial score (nSPS) is 12.2. The smallest absolute Gasteiger partial charge is 0.271 e. The number of carbonyl (C=O) groups excluding carboxylic acids is 1. The topological polar surface area (TPSA) is 102 Å². The molecule has 0 unspecified atom stereocenters. The van der Waals surface area contributed by atoms with Crippen molar-refractivity contribution in [3.8, 4) is 6.07 Å². The van der Waals surface area contributed by atoms with E-state index in [9.17, 15) is 14.9 Å². The van der Waals surface area contributed by atoms with E-state index in [-0.39, 0.29) is 28.1 Å². The van der Waals surface area contributed by atoms with Crippen molar-refractivity contribution in [3.63, 3.8) is 0 Å². The Labute approximate surface area is 218 Å². The quantitative estimate of drug-likeness (QED) is 0.206. The molecule has 1 amide bonds. The first-order valence-electron chi connectivity index (χ1n) is 11.9. The summed E-state index contributed by atoms with van der Waals surface area (Å²) in [6.45, 7) is 6.57. The Hall–Kier alpha value is -4.06. The van der Waals surface area contributed by atoms with Crippen LogP contribution in [0.3, 0.4) is 0 Å². The van der Waals surface area contributed by atoms with Crippen LogP contribution < -0.4 is 11.0 Å². The molecule has 188 valence electrons. The molecular weight excluding hydrogens is 490 g/mol. The maximum absolute atomic E-state index is 13.4. The number of hydrogen-bond acceptors (Lipinski definition) is 5. The lowest BCUT2D eigenvalue weighted by atomic mass is 10.2. The van der Waals surface area contributed by atoms with E-state index in [1.54, 1.807) is 47.2 Å². The fourth-order valence-corrected chi connectivity index (χ4v) is 4.05. The van der Waals surface area contributed by atoms with E-state index >= 15 is 0 Å².